The number of nitrogens with zero attached hydrogens (tertiary/aromatic N) is 2. The van der Waals surface area contributed by atoms with Crippen LogP contribution in [0, 0.1) is 6.92 Å². The molecule has 126 valence electrons. The number of ether oxygens (including phenoxy) is 1. The van der Waals surface area contributed by atoms with Gasteiger partial charge in [0.05, 0.1) is 7.11 Å². The lowest BCUT2D eigenvalue weighted by Gasteiger charge is -2.34. The number of hydrogen-bond donors (Lipinski definition) is 1. The van der Waals surface area contributed by atoms with Crippen LogP contribution in [-0.4, -0.2) is 61.6 Å². The van der Waals surface area contributed by atoms with Gasteiger partial charge in [0, 0.05) is 38.3 Å². The fourth-order valence-electron chi connectivity index (χ4n) is 2.65. The van der Waals surface area contributed by atoms with E-state index in [-0.39, 0.29) is 11.9 Å². The second-order valence-corrected chi connectivity index (χ2v) is 5.70. The molecule has 0 aromatic heterocycles. The molecule has 2 rings (SSSR count). The Morgan fingerprint density at radius 2 is 1.83 bits per heavy atom. The number of hydrogen-bond acceptors (Lipinski definition) is 3. The fourth-order valence-corrected chi connectivity index (χ4v) is 2.65. The summed E-state index contributed by atoms with van der Waals surface area (Å²) in [5.41, 5.74) is 1.60. The lowest BCUT2D eigenvalue weighted by atomic mass is 10.1. The summed E-state index contributed by atoms with van der Waals surface area (Å²) >= 11 is 0. The Bertz CT molecular complexity index is 566. The van der Waals surface area contributed by atoms with Crippen molar-refractivity contribution >= 4 is 11.9 Å². The molecular formula is C17H25N3O3. The highest BCUT2D eigenvalue weighted by Crippen LogP contribution is 2.20. The van der Waals surface area contributed by atoms with E-state index >= 15 is 0 Å². The standard InChI is InChI=1S/C17H25N3O3/c1-4-7-18-17(22)20-10-8-19(9-11-20)16(21)14-5-6-15(23-3)13(2)12-14/h5-6,12H,4,7-11H2,1-3H3,(H,18,22). The van der Waals surface area contributed by atoms with Gasteiger partial charge in [-0.25, -0.2) is 4.79 Å². The van der Waals surface area contributed by atoms with Crippen molar-refractivity contribution in [3.8, 4) is 5.75 Å². The van der Waals surface area contributed by atoms with Crippen LogP contribution in [0.1, 0.15) is 29.3 Å². The third-order valence-corrected chi connectivity index (χ3v) is 4.02. The molecule has 3 amide bonds. The van der Waals surface area contributed by atoms with Gasteiger partial charge in [-0.05, 0) is 37.1 Å². The predicted octanol–water partition coefficient (Wildman–Crippen LogP) is 1.88. The molecule has 0 aliphatic carbocycles. The van der Waals surface area contributed by atoms with Gasteiger partial charge >= 0.3 is 6.03 Å². The molecule has 1 heterocycles. The summed E-state index contributed by atoms with van der Waals surface area (Å²) < 4.78 is 5.22. The van der Waals surface area contributed by atoms with Gasteiger partial charge < -0.3 is 19.9 Å². The number of aryl methyl sites for hydroxylation is 1. The van der Waals surface area contributed by atoms with Crippen molar-refractivity contribution in [1.82, 2.24) is 15.1 Å². The normalized spacial score (nSPS) is 14.6. The van der Waals surface area contributed by atoms with E-state index in [1.54, 1.807) is 23.0 Å². The molecule has 0 atom stereocenters. The third-order valence-electron chi connectivity index (χ3n) is 4.02. The Balaban J connectivity index is 1.93. The molecule has 0 bridgehead atoms. The highest BCUT2D eigenvalue weighted by molar-refractivity contribution is 5.94. The van der Waals surface area contributed by atoms with E-state index in [4.69, 9.17) is 4.74 Å². The Kier molecular flexibility index (Phi) is 5.84. The first kappa shape index (κ1) is 17.1. The summed E-state index contributed by atoms with van der Waals surface area (Å²) in [6.45, 7) is 6.88. The van der Waals surface area contributed by atoms with E-state index in [2.05, 4.69) is 5.32 Å². The van der Waals surface area contributed by atoms with Gasteiger partial charge in [0.2, 0.25) is 0 Å². The largest absolute Gasteiger partial charge is 0.496 e. The van der Waals surface area contributed by atoms with Gasteiger partial charge in [0.1, 0.15) is 5.75 Å². The summed E-state index contributed by atoms with van der Waals surface area (Å²) in [5, 5.41) is 2.87. The SMILES string of the molecule is CCCNC(=O)N1CCN(C(=O)c2ccc(OC)c(C)c2)CC1. The summed E-state index contributed by atoms with van der Waals surface area (Å²) in [7, 11) is 1.62. The number of nitrogens with one attached hydrogen (secondary N) is 1. The smallest absolute Gasteiger partial charge is 0.317 e. The molecule has 1 aliphatic heterocycles. The van der Waals surface area contributed by atoms with Gasteiger partial charge in [0.25, 0.3) is 5.91 Å². The summed E-state index contributed by atoms with van der Waals surface area (Å²) in [4.78, 5) is 28.0. The first-order chi connectivity index (χ1) is 11.1. The number of piperazine rings is 1. The van der Waals surface area contributed by atoms with Crippen LogP contribution >= 0.6 is 0 Å². The lowest BCUT2D eigenvalue weighted by molar-refractivity contribution is 0.0665. The highest BCUT2D eigenvalue weighted by atomic mass is 16.5. The maximum absolute atomic E-state index is 12.6. The van der Waals surface area contributed by atoms with E-state index in [0.717, 1.165) is 17.7 Å². The molecule has 1 saturated heterocycles. The van der Waals surface area contributed by atoms with Gasteiger partial charge in [-0.3, -0.25) is 4.79 Å². The Morgan fingerprint density at radius 1 is 1.17 bits per heavy atom. The highest BCUT2D eigenvalue weighted by Gasteiger charge is 2.24. The molecule has 1 aromatic carbocycles. The van der Waals surface area contributed by atoms with Gasteiger partial charge in [-0.2, -0.15) is 0 Å². The van der Waals surface area contributed by atoms with E-state index in [9.17, 15) is 9.59 Å². The van der Waals surface area contributed by atoms with Crippen LogP contribution in [0.3, 0.4) is 0 Å². The Hall–Kier alpha value is -2.24. The average molecular weight is 319 g/mol. The zero-order valence-electron chi connectivity index (χ0n) is 14.1. The number of amides is 3. The number of carbonyl (C=O) groups is 2. The topological polar surface area (TPSA) is 61.9 Å². The van der Waals surface area contributed by atoms with Crippen LogP contribution in [0.15, 0.2) is 18.2 Å². The van der Waals surface area contributed by atoms with Crippen molar-refractivity contribution in [1.29, 1.82) is 0 Å². The Morgan fingerprint density at radius 3 is 2.39 bits per heavy atom. The van der Waals surface area contributed by atoms with Crippen molar-refractivity contribution in [3.63, 3.8) is 0 Å². The molecular weight excluding hydrogens is 294 g/mol. The Labute approximate surface area is 137 Å². The minimum absolute atomic E-state index is 0.00405. The molecule has 6 heteroatoms. The molecule has 1 N–H and O–H groups in total. The van der Waals surface area contributed by atoms with Crippen molar-refractivity contribution in [3.05, 3.63) is 29.3 Å². The number of rotatable bonds is 4. The monoisotopic (exact) mass is 319 g/mol. The second-order valence-electron chi connectivity index (χ2n) is 5.70. The zero-order chi connectivity index (χ0) is 16.8. The average Bonchev–Trinajstić information content (AvgIpc) is 2.59. The summed E-state index contributed by atoms with van der Waals surface area (Å²) in [6.07, 6.45) is 0.918. The van der Waals surface area contributed by atoms with E-state index in [1.807, 2.05) is 26.0 Å². The minimum atomic E-state index is -0.0424. The van der Waals surface area contributed by atoms with Crippen molar-refractivity contribution in [2.75, 3.05) is 39.8 Å². The first-order valence-corrected chi connectivity index (χ1v) is 8.03. The number of methoxy groups -OCH3 is 1. The second kappa shape index (κ2) is 7.85. The third kappa shape index (κ3) is 4.15. The molecule has 0 saturated carbocycles. The fraction of sp³-hybridized carbons (Fsp3) is 0.529. The molecule has 0 unspecified atom stereocenters. The van der Waals surface area contributed by atoms with Crippen LogP contribution in [0.4, 0.5) is 4.79 Å². The van der Waals surface area contributed by atoms with Crippen molar-refractivity contribution in [2.24, 2.45) is 0 Å². The van der Waals surface area contributed by atoms with Crippen LogP contribution < -0.4 is 10.1 Å². The van der Waals surface area contributed by atoms with Crippen molar-refractivity contribution < 1.29 is 14.3 Å². The minimum Gasteiger partial charge on any atom is -0.496 e. The van der Waals surface area contributed by atoms with E-state index < -0.39 is 0 Å². The van der Waals surface area contributed by atoms with Crippen molar-refractivity contribution in [2.45, 2.75) is 20.3 Å². The molecule has 1 aromatic rings. The zero-order valence-corrected chi connectivity index (χ0v) is 14.1. The van der Waals surface area contributed by atoms with Crippen LogP contribution in [0.5, 0.6) is 5.75 Å². The van der Waals surface area contributed by atoms with Gasteiger partial charge in [0.15, 0.2) is 0 Å². The van der Waals surface area contributed by atoms with Crippen LogP contribution in [-0.2, 0) is 0 Å². The van der Waals surface area contributed by atoms with E-state index in [1.165, 1.54) is 0 Å². The van der Waals surface area contributed by atoms with Crippen LogP contribution in [0.25, 0.3) is 0 Å². The van der Waals surface area contributed by atoms with Crippen LogP contribution in [0.2, 0.25) is 0 Å². The number of urea groups is 1. The maximum atomic E-state index is 12.6. The molecule has 1 aliphatic rings. The first-order valence-electron chi connectivity index (χ1n) is 8.03. The molecule has 0 spiro atoms. The molecule has 0 radical (unpaired) electrons. The lowest BCUT2D eigenvalue weighted by Crippen LogP contribution is -2.53. The van der Waals surface area contributed by atoms with E-state index in [0.29, 0.717) is 38.3 Å². The van der Waals surface area contributed by atoms with Gasteiger partial charge in [-0.1, -0.05) is 6.92 Å². The molecule has 6 nitrogen and oxygen atoms in total. The van der Waals surface area contributed by atoms with Gasteiger partial charge in [-0.15, -0.1) is 0 Å². The maximum Gasteiger partial charge on any atom is 0.317 e. The molecule has 1 fully saturated rings. The molecule has 23 heavy (non-hydrogen) atoms. The summed E-state index contributed by atoms with van der Waals surface area (Å²) in [5.74, 6) is 0.781. The quantitative estimate of drug-likeness (QED) is 0.922. The predicted molar refractivity (Wildman–Crippen MR) is 88.9 cm³/mol. The number of carbonyl (C=O) groups excluding carboxylic acids is 2. The summed E-state index contributed by atoms with van der Waals surface area (Å²) in [6, 6.07) is 5.41. The number of benzene rings is 1.